The van der Waals surface area contributed by atoms with Gasteiger partial charge in [-0.25, -0.2) is 4.98 Å². The first-order valence-electron chi connectivity index (χ1n) is 6.98. The van der Waals surface area contributed by atoms with Crippen LogP contribution in [0.3, 0.4) is 0 Å². The van der Waals surface area contributed by atoms with E-state index in [2.05, 4.69) is 9.97 Å². The molecule has 0 aliphatic carbocycles. The van der Waals surface area contributed by atoms with Gasteiger partial charge in [0, 0.05) is 25.8 Å². The van der Waals surface area contributed by atoms with Crippen molar-refractivity contribution < 1.29 is 17.9 Å². The van der Waals surface area contributed by atoms with Gasteiger partial charge < -0.3 is 15.4 Å². The first kappa shape index (κ1) is 15.8. The van der Waals surface area contributed by atoms with Crippen molar-refractivity contribution in [3.05, 3.63) is 11.8 Å². The number of hydrogen-bond acceptors (Lipinski definition) is 5. The molecule has 118 valence electrons. The Morgan fingerprint density at radius 1 is 1.43 bits per heavy atom. The van der Waals surface area contributed by atoms with Gasteiger partial charge in [0.25, 0.3) is 0 Å². The van der Waals surface area contributed by atoms with Crippen LogP contribution in [-0.4, -0.2) is 35.8 Å². The molecule has 2 rings (SSSR count). The minimum Gasteiger partial charge on any atom is -0.376 e. The molecule has 5 nitrogen and oxygen atoms in total. The number of nitrogens with zero attached hydrogens (tertiary/aromatic N) is 3. The van der Waals surface area contributed by atoms with Crippen molar-refractivity contribution >= 4 is 11.8 Å². The number of nitrogen functional groups attached to an aromatic ring is 1. The number of alkyl halides is 3. The Morgan fingerprint density at radius 2 is 2.19 bits per heavy atom. The van der Waals surface area contributed by atoms with Crippen LogP contribution >= 0.6 is 0 Å². The van der Waals surface area contributed by atoms with E-state index in [1.54, 1.807) is 4.90 Å². The summed E-state index contributed by atoms with van der Waals surface area (Å²) in [6.07, 6.45) is -1.85. The van der Waals surface area contributed by atoms with E-state index in [0.717, 1.165) is 25.3 Å². The molecular weight excluding hydrogens is 285 g/mol. The summed E-state index contributed by atoms with van der Waals surface area (Å²) in [6, 6.07) is 0.943. The molecule has 1 aliphatic rings. The van der Waals surface area contributed by atoms with E-state index in [1.807, 2.05) is 6.92 Å². The Morgan fingerprint density at radius 3 is 2.86 bits per heavy atom. The second-order valence-electron chi connectivity index (χ2n) is 5.05. The third kappa shape index (κ3) is 4.20. The summed E-state index contributed by atoms with van der Waals surface area (Å²) in [7, 11) is 0. The number of hydrogen-bond donors (Lipinski definition) is 1. The lowest BCUT2D eigenvalue weighted by atomic mass is 10.1. The smallest absolute Gasteiger partial charge is 0.376 e. The van der Waals surface area contributed by atoms with Crippen molar-refractivity contribution in [1.82, 2.24) is 9.97 Å². The molecular formula is C13H19F3N4O. The van der Waals surface area contributed by atoms with Crippen LogP contribution in [0.25, 0.3) is 0 Å². The molecule has 0 radical (unpaired) electrons. The molecule has 0 saturated carbocycles. The highest BCUT2D eigenvalue weighted by molar-refractivity contribution is 5.44. The van der Waals surface area contributed by atoms with E-state index in [9.17, 15) is 13.2 Å². The summed E-state index contributed by atoms with van der Waals surface area (Å²) < 4.78 is 44.0. The van der Waals surface area contributed by atoms with Gasteiger partial charge in [0.05, 0.1) is 6.10 Å². The Kier molecular flexibility index (Phi) is 4.87. The number of anilines is 2. The van der Waals surface area contributed by atoms with Gasteiger partial charge in [0.1, 0.15) is 5.82 Å². The molecule has 1 fully saturated rings. The Labute approximate surface area is 121 Å². The summed E-state index contributed by atoms with van der Waals surface area (Å²) in [5.74, 6) is -0.156. The largest absolute Gasteiger partial charge is 0.433 e. The van der Waals surface area contributed by atoms with Gasteiger partial charge in [-0.1, -0.05) is 6.92 Å². The van der Waals surface area contributed by atoms with Crippen LogP contribution in [0.4, 0.5) is 24.9 Å². The molecule has 1 aromatic heterocycles. The normalized spacial score (nSPS) is 19.8. The van der Waals surface area contributed by atoms with Crippen molar-refractivity contribution in [2.24, 2.45) is 0 Å². The lowest BCUT2D eigenvalue weighted by molar-refractivity contribution is -0.141. The highest BCUT2D eigenvalue weighted by Crippen LogP contribution is 2.31. The fraction of sp³-hybridized carbons (Fsp3) is 0.692. The minimum atomic E-state index is -4.53. The van der Waals surface area contributed by atoms with Gasteiger partial charge in [-0.15, -0.1) is 0 Å². The fourth-order valence-corrected chi connectivity index (χ4v) is 2.33. The molecule has 0 spiro atoms. The van der Waals surface area contributed by atoms with Crippen molar-refractivity contribution in [2.45, 2.75) is 38.5 Å². The molecule has 1 aromatic rings. The average molecular weight is 304 g/mol. The lowest BCUT2D eigenvalue weighted by Gasteiger charge is -2.33. The second kappa shape index (κ2) is 6.46. The summed E-state index contributed by atoms with van der Waals surface area (Å²) >= 11 is 0. The summed E-state index contributed by atoms with van der Waals surface area (Å²) in [6.45, 7) is 3.83. The van der Waals surface area contributed by atoms with Crippen LogP contribution in [0.2, 0.25) is 0 Å². The first-order chi connectivity index (χ1) is 9.90. The molecule has 0 bridgehead atoms. The first-order valence-corrected chi connectivity index (χ1v) is 6.98. The van der Waals surface area contributed by atoms with Crippen LogP contribution in [-0.2, 0) is 10.9 Å². The van der Waals surface area contributed by atoms with E-state index in [-0.39, 0.29) is 17.9 Å². The predicted molar refractivity (Wildman–Crippen MR) is 72.9 cm³/mol. The summed E-state index contributed by atoms with van der Waals surface area (Å²) in [5.41, 5.74) is 4.39. The van der Waals surface area contributed by atoms with Crippen LogP contribution in [0.5, 0.6) is 0 Å². The van der Waals surface area contributed by atoms with E-state index in [4.69, 9.17) is 10.5 Å². The van der Waals surface area contributed by atoms with Crippen molar-refractivity contribution in [2.75, 3.05) is 30.3 Å². The van der Waals surface area contributed by atoms with Crippen molar-refractivity contribution in [1.29, 1.82) is 0 Å². The molecule has 0 aromatic carbocycles. The number of aromatic nitrogens is 2. The zero-order valence-electron chi connectivity index (χ0n) is 11.9. The van der Waals surface area contributed by atoms with E-state index in [0.29, 0.717) is 19.7 Å². The SMILES string of the molecule is CCCOC1CCCN(c2cc(C(F)(F)F)nc(N)n2)C1. The summed E-state index contributed by atoms with van der Waals surface area (Å²) in [5, 5.41) is 0. The molecule has 1 aliphatic heterocycles. The molecule has 1 atom stereocenters. The zero-order chi connectivity index (χ0) is 15.5. The number of nitrogens with two attached hydrogens (primary N) is 1. The van der Waals surface area contributed by atoms with Crippen molar-refractivity contribution in [3.8, 4) is 0 Å². The van der Waals surface area contributed by atoms with Crippen LogP contribution in [0, 0.1) is 0 Å². The zero-order valence-corrected chi connectivity index (χ0v) is 11.9. The quantitative estimate of drug-likeness (QED) is 0.926. The minimum absolute atomic E-state index is 0.0178. The molecule has 2 heterocycles. The predicted octanol–water partition coefficient (Wildman–Crippen LogP) is 2.47. The Bertz CT molecular complexity index is 481. The maximum Gasteiger partial charge on any atom is 0.433 e. The van der Waals surface area contributed by atoms with E-state index < -0.39 is 11.9 Å². The lowest BCUT2D eigenvalue weighted by Crippen LogP contribution is -2.40. The van der Waals surface area contributed by atoms with Gasteiger partial charge in [-0.05, 0) is 19.3 Å². The van der Waals surface area contributed by atoms with Crippen molar-refractivity contribution in [3.63, 3.8) is 0 Å². The highest BCUT2D eigenvalue weighted by Gasteiger charge is 2.34. The third-order valence-corrected chi connectivity index (χ3v) is 3.28. The van der Waals surface area contributed by atoms with Gasteiger partial charge in [-0.3, -0.25) is 0 Å². The molecule has 1 unspecified atom stereocenters. The number of piperidine rings is 1. The van der Waals surface area contributed by atoms with Gasteiger partial charge in [0.2, 0.25) is 5.95 Å². The molecule has 2 N–H and O–H groups in total. The van der Waals surface area contributed by atoms with Gasteiger partial charge in [0.15, 0.2) is 5.69 Å². The highest BCUT2D eigenvalue weighted by atomic mass is 19.4. The standard InChI is InChI=1S/C13H19F3N4O/c1-2-6-21-9-4-3-5-20(8-9)11-7-10(13(14,15)16)18-12(17)19-11/h7,9H,2-6,8H2,1H3,(H2,17,18,19). The fourth-order valence-electron chi connectivity index (χ4n) is 2.33. The maximum atomic E-state index is 12.8. The Hall–Kier alpha value is -1.57. The molecule has 1 saturated heterocycles. The topological polar surface area (TPSA) is 64.3 Å². The van der Waals surface area contributed by atoms with Crippen LogP contribution in [0.15, 0.2) is 6.07 Å². The van der Waals surface area contributed by atoms with E-state index in [1.165, 1.54) is 0 Å². The summed E-state index contributed by atoms with van der Waals surface area (Å²) in [4.78, 5) is 8.95. The number of rotatable bonds is 4. The van der Waals surface area contributed by atoms with Gasteiger partial charge in [-0.2, -0.15) is 18.2 Å². The van der Waals surface area contributed by atoms with Crippen LogP contribution < -0.4 is 10.6 Å². The number of halogens is 3. The molecule has 8 heteroatoms. The molecule has 0 amide bonds. The Balaban J connectivity index is 2.15. The monoisotopic (exact) mass is 304 g/mol. The molecule has 21 heavy (non-hydrogen) atoms. The second-order valence-corrected chi connectivity index (χ2v) is 5.05. The third-order valence-electron chi connectivity index (χ3n) is 3.28. The number of ether oxygens (including phenoxy) is 1. The van der Waals surface area contributed by atoms with Gasteiger partial charge >= 0.3 is 6.18 Å². The maximum absolute atomic E-state index is 12.8. The average Bonchev–Trinajstić information content (AvgIpc) is 2.44. The van der Waals surface area contributed by atoms with Crippen LogP contribution in [0.1, 0.15) is 31.9 Å². The van der Waals surface area contributed by atoms with E-state index >= 15 is 0 Å².